The molecule has 4 amide bonds. The SMILES string of the molecule is CC(C)C[C@@H](/C=C/CC(=O)N1CCCC1(C=O)N[C@@H](CCNC(=O)OC1CC(C)(C)N(O)C(C)(C)C1)C(=O)NC(C)C)NC(=O)OC(C)(C)C. The van der Waals surface area contributed by atoms with Crippen molar-refractivity contribution in [2.24, 2.45) is 5.92 Å². The summed E-state index contributed by atoms with van der Waals surface area (Å²) in [6, 6.07) is -1.44. The highest BCUT2D eigenvalue weighted by Gasteiger charge is 2.47. The van der Waals surface area contributed by atoms with E-state index >= 15 is 0 Å². The van der Waals surface area contributed by atoms with Gasteiger partial charge in [-0.3, -0.25) is 19.7 Å². The smallest absolute Gasteiger partial charge is 0.408 e. The number of alkyl carbamates (subject to hydrolysis) is 2. The molecule has 0 saturated carbocycles. The van der Waals surface area contributed by atoms with Gasteiger partial charge in [0.25, 0.3) is 0 Å². The second kappa shape index (κ2) is 17.8. The second-order valence-corrected chi connectivity index (χ2v) is 16.7. The van der Waals surface area contributed by atoms with E-state index in [1.54, 1.807) is 32.9 Å². The number of nitrogens with zero attached hydrogens (tertiary/aromatic N) is 2. The molecule has 2 aliphatic rings. The van der Waals surface area contributed by atoms with E-state index in [1.165, 1.54) is 9.96 Å². The van der Waals surface area contributed by atoms with Crippen LogP contribution in [-0.4, -0.2) is 105 Å². The van der Waals surface area contributed by atoms with Gasteiger partial charge in [-0.25, -0.2) is 9.59 Å². The lowest BCUT2D eigenvalue weighted by molar-refractivity contribution is -0.256. The molecule has 286 valence electrons. The van der Waals surface area contributed by atoms with E-state index in [0.717, 1.165) is 0 Å². The minimum atomic E-state index is -1.41. The number of ether oxygens (including phenoxy) is 2. The minimum absolute atomic E-state index is 0.0130. The van der Waals surface area contributed by atoms with Gasteiger partial charge in [0.05, 0.1) is 12.1 Å². The predicted octanol–water partition coefficient (Wildman–Crippen LogP) is 4.40. The number of hydrogen-bond acceptors (Lipinski definition) is 10. The molecule has 2 heterocycles. The van der Waals surface area contributed by atoms with Crippen LogP contribution in [0.15, 0.2) is 12.2 Å². The van der Waals surface area contributed by atoms with Crippen molar-refractivity contribution in [1.82, 2.24) is 31.2 Å². The van der Waals surface area contributed by atoms with Gasteiger partial charge in [-0.1, -0.05) is 26.0 Å². The Morgan fingerprint density at radius 3 is 2.14 bits per heavy atom. The molecule has 0 aliphatic carbocycles. The van der Waals surface area contributed by atoms with Gasteiger partial charge < -0.3 is 35.5 Å². The summed E-state index contributed by atoms with van der Waals surface area (Å²) in [6.07, 6.45) is 5.06. The molecule has 0 aromatic heterocycles. The molecule has 0 aromatic carbocycles. The molecule has 2 saturated heterocycles. The summed E-state index contributed by atoms with van der Waals surface area (Å²) in [5.41, 5.74) is -3.24. The number of amides is 4. The largest absolute Gasteiger partial charge is 0.446 e. The molecule has 50 heavy (non-hydrogen) atoms. The fraction of sp³-hybridized carbons (Fsp3) is 0.806. The van der Waals surface area contributed by atoms with Crippen LogP contribution in [-0.2, 0) is 23.9 Å². The molecule has 2 rings (SSSR count). The summed E-state index contributed by atoms with van der Waals surface area (Å²) >= 11 is 0. The monoisotopic (exact) mass is 708 g/mol. The zero-order valence-corrected chi connectivity index (χ0v) is 32.2. The Morgan fingerprint density at radius 1 is 0.980 bits per heavy atom. The summed E-state index contributed by atoms with van der Waals surface area (Å²) in [7, 11) is 0. The van der Waals surface area contributed by atoms with Crippen molar-refractivity contribution in [2.45, 2.75) is 168 Å². The van der Waals surface area contributed by atoms with E-state index in [2.05, 4.69) is 21.3 Å². The standard InChI is InChI=1S/C36H64N6O8/c1-24(2)20-26(39-32(47)50-33(5,6)7)14-12-15-29(44)41-19-13-17-36(41,23-43)40-28(30(45)38-25(3)4)16-18-37-31(46)49-27-21-34(8,9)42(48)35(10,11)22-27/h12,14,23-28,40,48H,13,15-22H2,1-11H3,(H,37,46)(H,38,45)(H,39,47)/b14-12+/t26-,28+,36?/m1/s1. The van der Waals surface area contributed by atoms with Gasteiger partial charge in [0.1, 0.15) is 11.7 Å². The van der Waals surface area contributed by atoms with Gasteiger partial charge >= 0.3 is 12.2 Å². The fourth-order valence-electron chi connectivity index (χ4n) is 6.82. The third-order valence-electron chi connectivity index (χ3n) is 8.75. The topological polar surface area (TPSA) is 179 Å². The molecule has 0 radical (unpaired) electrons. The highest BCUT2D eigenvalue weighted by molar-refractivity contribution is 5.86. The number of likely N-dealkylation sites (tertiary alicyclic amines) is 1. The first kappa shape index (κ1) is 42.9. The normalized spacial score (nSPS) is 22.3. The Hall–Kier alpha value is -3.23. The third-order valence-corrected chi connectivity index (χ3v) is 8.75. The lowest BCUT2D eigenvalue weighted by Crippen LogP contribution is -2.64. The Kier molecular flexibility index (Phi) is 15.3. The predicted molar refractivity (Wildman–Crippen MR) is 190 cm³/mol. The highest BCUT2D eigenvalue weighted by Crippen LogP contribution is 2.38. The molecule has 0 bridgehead atoms. The summed E-state index contributed by atoms with van der Waals surface area (Å²) in [5.74, 6) is -0.396. The lowest BCUT2D eigenvalue weighted by Gasteiger charge is -2.50. The van der Waals surface area contributed by atoms with Gasteiger partial charge in [-0.2, -0.15) is 5.06 Å². The quantitative estimate of drug-likeness (QED) is 0.121. The molecule has 0 spiro atoms. The van der Waals surface area contributed by atoms with Crippen LogP contribution in [0.5, 0.6) is 0 Å². The number of nitrogens with one attached hydrogen (secondary N) is 4. The summed E-state index contributed by atoms with van der Waals surface area (Å²) < 4.78 is 11.1. The van der Waals surface area contributed by atoms with Gasteiger partial charge in [-0.05, 0) is 93.9 Å². The average molecular weight is 709 g/mol. The first-order valence-electron chi connectivity index (χ1n) is 17.9. The molecule has 14 heteroatoms. The van der Waals surface area contributed by atoms with Crippen molar-refractivity contribution in [1.29, 1.82) is 0 Å². The average Bonchev–Trinajstić information content (AvgIpc) is 3.37. The van der Waals surface area contributed by atoms with Crippen LogP contribution in [0, 0.1) is 5.92 Å². The van der Waals surface area contributed by atoms with Crippen LogP contribution < -0.4 is 21.3 Å². The number of piperidine rings is 1. The van der Waals surface area contributed by atoms with Crippen molar-refractivity contribution in [2.75, 3.05) is 13.1 Å². The molecule has 2 aliphatic heterocycles. The van der Waals surface area contributed by atoms with Crippen LogP contribution in [0.3, 0.4) is 0 Å². The molecular weight excluding hydrogens is 644 g/mol. The maximum absolute atomic E-state index is 13.5. The van der Waals surface area contributed by atoms with Crippen LogP contribution in [0.1, 0.15) is 121 Å². The second-order valence-electron chi connectivity index (χ2n) is 16.7. The van der Waals surface area contributed by atoms with E-state index in [4.69, 9.17) is 9.47 Å². The fourth-order valence-corrected chi connectivity index (χ4v) is 6.82. The maximum atomic E-state index is 13.5. The van der Waals surface area contributed by atoms with Crippen molar-refractivity contribution < 1.29 is 38.7 Å². The van der Waals surface area contributed by atoms with E-state index < -0.39 is 46.7 Å². The van der Waals surface area contributed by atoms with E-state index in [-0.39, 0.29) is 49.2 Å². The maximum Gasteiger partial charge on any atom is 0.408 e. The number of carbonyl (C=O) groups excluding carboxylic acids is 5. The molecule has 5 N–H and O–H groups in total. The molecule has 2 fully saturated rings. The number of aldehydes is 1. The first-order chi connectivity index (χ1) is 23.0. The van der Waals surface area contributed by atoms with Crippen molar-refractivity contribution in [3.8, 4) is 0 Å². The number of rotatable bonds is 15. The summed E-state index contributed by atoms with van der Waals surface area (Å²) in [4.78, 5) is 66.3. The van der Waals surface area contributed by atoms with Crippen LogP contribution >= 0.6 is 0 Å². The molecule has 1 unspecified atom stereocenters. The lowest BCUT2D eigenvalue weighted by atomic mass is 9.80. The third kappa shape index (κ3) is 13.1. The number of hydrogen-bond donors (Lipinski definition) is 5. The van der Waals surface area contributed by atoms with E-state index in [9.17, 15) is 29.2 Å². The Morgan fingerprint density at radius 2 is 1.60 bits per heavy atom. The van der Waals surface area contributed by atoms with Crippen molar-refractivity contribution in [3.63, 3.8) is 0 Å². The van der Waals surface area contributed by atoms with Crippen LogP contribution in [0.25, 0.3) is 0 Å². The van der Waals surface area contributed by atoms with Gasteiger partial charge in [0.2, 0.25) is 11.8 Å². The Bertz CT molecular complexity index is 1200. The van der Waals surface area contributed by atoms with E-state index in [1.807, 2.05) is 55.4 Å². The Balaban J connectivity index is 2.10. The number of carbonyl (C=O) groups is 5. The van der Waals surface area contributed by atoms with Crippen LogP contribution in [0.2, 0.25) is 0 Å². The van der Waals surface area contributed by atoms with Crippen molar-refractivity contribution in [3.05, 3.63) is 12.2 Å². The Labute approximate surface area is 298 Å². The van der Waals surface area contributed by atoms with E-state index in [0.29, 0.717) is 44.9 Å². The van der Waals surface area contributed by atoms with Gasteiger partial charge in [0, 0.05) is 49.5 Å². The summed E-state index contributed by atoms with van der Waals surface area (Å²) in [6.45, 7) is 21.0. The number of hydroxylamine groups is 2. The zero-order chi connectivity index (χ0) is 38.1. The molecular formula is C36H64N6O8. The zero-order valence-electron chi connectivity index (χ0n) is 32.2. The molecule has 0 aromatic rings. The minimum Gasteiger partial charge on any atom is -0.446 e. The highest BCUT2D eigenvalue weighted by atomic mass is 16.6. The molecule has 14 nitrogen and oxygen atoms in total. The van der Waals surface area contributed by atoms with Crippen LogP contribution in [0.4, 0.5) is 9.59 Å². The van der Waals surface area contributed by atoms with Gasteiger partial charge in [0.15, 0.2) is 11.9 Å². The summed E-state index contributed by atoms with van der Waals surface area (Å²) in [5, 5.41) is 23.5. The van der Waals surface area contributed by atoms with Crippen molar-refractivity contribution >= 4 is 30.3 Å². The molecule has 3 atom stereocenters. The first-order valence-corrected chi connectivity index (χ1v) is 17.9. The van der Waals surface area contributed by atoms with Gasteiger partial charge in [-0.15, -0.1) is 0 Å².